The summed E-state index contributed by atoms with van der Waals surface area (Å²) in [6, 6.07) is 21.0. The predicted molar refractivity (Wildman–Crippen MR) is 95.3 cm³/mol. The van der Waals surface area contributed by atoms with Gasteiger partial charge in [-0.3, -0.25) is 0 Å². The van der Waals surface area contributed by atoms with Crippen LogP contribution in [0, 0.1) is 0 Å². The Morgan fingerprint density at radius 1 is 0.909 bits per heavy atom. The molecule has 1 atom stereocenters. The highest BCUT2D eigenvalue weighted by atomic mass is 28.4. The van der Waals surface area contributed by atoms with Gasteiger partial charge in [0.2, 0.25) is 0 Å². The monoisotopic (exact) mass is 314 g/mol. The van der Waals surface area contributed by atoms with Crippen LogP contribution in [0.25, 0.3) is 0 Å². The summed E-state index contributed by atoms with van der Waals surface area (Å²) in [7, 11) is -2.49. The van der Waals surface area contributed by atoms with Crippen LogP contribution in [0.2, 0.25) is 5.04 Å². The van der Waals surface area contributed by atoms with Crippen LogP contribution in [0.4, 0.5) is 0 Å². The molecule has 22 heavy (non-hydrogen) atoms. The summed E-state index contributed by atoms with van der Waals surface area (Å²) in [6.45, 7) is 8.69. The zero-order valence-corrected chi connectivity index (χ0v) is 14.9. The third-order valence-electron chi connectivity index (χ3n) is 4.05. The maximum Gasteiger partial charge on any atom is 0.261 e. The lowest BCUT2D eigenvalue weighted by Crippen LogP contribution is -2.67. The first-order valence-corrected chi connectivity index (χ1v) is 9.72. The summed E-state index contributed by atoms with van der Waals surface area (Å²) in [5.41, 5.74) is 0. The van der Waals surface area contributed by atoms with Gasteiger partial charge in [-0.15, -0.1) is 0 Å². The smallest absolute Gasteiger partial charge is 0.261 e. The van der Waals surface area contributed by atoms with Crippen LogP contribution in [0.5, 0.6) is 0 Å². The molecule has 0 aromatic heterocycles. The Hall–Kier alpha value is -1.42. The molecule has 3 heteroatoms. The van der Waals surface area contributed by atoms with Crippen LogP contribution in [0.1, 0.15) is 27.7 Å². The minimum atomic E-state index is -2.49. The molecule has 0 bridgehead atoms. The van der Waals surface area contributed by atoms with Crippen molar-refractivity contribution in [2.75, 3.05) is 6.61 Å². The van der Waals surface area contributed by atoms with Gasteiger partial charge in [-0.25, -0.2) is 0 Å². The van der Waals surface area contributed by atoms with Gasteiger partial charge in [0.25, 0.3) is 8.32 Å². The maximum absolute atomic E-state index is 9.55. The number of hydrogen-bond donors (Lipinski definition) is 1. The van der Waals surface area contributed by atoms with Crippen molar-refractivity contribution in [2.24, 2.45) is 0 Å². The molecule has 1 N–H and O–H groups in total. The molecule has 0 aliphatic carbocycles. The molecule has 118 valence electrons. The van der Waals surface area contributed by atoms with Crippen LogP contribution < -0.4 is 10.4 Å². The molecule has 0 heterocycles. The van der Waals surface area contributed by atoms with E-state index in [1.807, 2.05) is 19.1 Å². The fraction of sp³-hybridized carbons (Fsp3) is 0.368. The van der Waals surface area contributed by atoms with E-state index >= 15 is 0 Å². The van der Waals surface area contributed by atoms with Crippen LogP contribution in [0.3, 0.4) is 0 Å². The summed E-state index contributed by atoms with van der Waals surface area (Å²) in [5.74, 6) is 0. The van der Waals surface area contributed by atoms with Gasteiger partial charge in [-0.2, -0.15) is 0 Å². The predicted octanol–water partition coefficient (Wildman–Crippen LogP) is 2.94. The Labute approximate surface area is 134 Å². The second-order valence-corrected chi connectivity index (χ2v) is 11.0. The Morgan fingerprint density at radius 2 is 1.32 bits per heavy atom. The lowest BCUT2D eigenvalue weighted by atomic mass is 10.2. The molecule has 2 rings (SSSR count). The molecule has 0 fully saturated rings. The highest BCUT2D eigenvalue weighted by Crippen LogP contribution is 2.37. The molecule has 0 amide bonds. The van der Waals surface area contributed by atoms with Crippen molar-refractivity contribution >= 4 is 18.7 Å². The zero-order valence-electron chi connectivity index (χ0n) is 13.9. The molecular weight excluding hydrogens is 288 g/mol. The van der Waals surface area contributed by atoms with E-state index in [-0.39, 0.29) is 17.7 Å². The Morgan fingerprint density at radius 3 is 1.64 bits per heavy atom. The summed E-state index contributed by atoms with van der Waals surface area (Å²) < 4.78 is 6.61. The fourth-order valence-corrected chi connectivity index (χ4v) is 7.72. The second-order valence-electron chi connectivity index (χ2n) is 6.77. The van der Waals surface area contributed by atoms with Gasteiger partial charge in [-0.1, -0.05) is 81.4 Å². The van der Waals surface area contributed by atoms with Crippen LogP contribution in [-0.4, -0.2) is 26.1 Å². The fourth-order valence-electron chi connectivity index (χ4n) is 3.03. The van der Waals surface area contributed by atoms with E-state index in [4.69, 9.17) is 4.43 Å². The molecule has 0 saturated carbocycles. The van der Waals surface area contributed by atoms with Gasteiger partial charge in [-0.05, 0) is 22.3 Å². The van der Waals surface area contributed by atoms with E-state index in [2.05, 4.69) is 69.3 Å². The molecule has 2 aromatic rings. The molecule has 0 unspecified atom stereocenters. The van der Waals surface area contributed by atoms with Crippen molar-refractivity contribution in [2.45, 2.75) is 38.8 Å². The van der Waals surface area contributed by atoms with Crippen LogP contribution in [-0.2, 0) is 4.43 Å². The van der Waals surface area contributed by atoms with Crippen molar-refractivity contribution in [3.63, 3.8) is 0 Å². The number of benzene rings is 2. The van der Waals surface area contributed by atoms with E-state index < -0.39 is 8.32 Å². The van der Waals surface area contributed by atoms with Gasteiger partial charge in [0.05, 0.1) is 12.7 Å². The van der Waals surface area contributed by atoms with Gasteiger partial charge < -0.3 is 9.53 Å². The van der Waals surface area contributed by atoms with Crippen molar-refractivity contribution in [3.05, 3.63) is 60.7 Å². The largest absolute Gasteiger partial charge is 0.402 e. The molecule has 0 aliphatic rings. The third kappa shape index (κ3) is 3.17. The van der Waals surface area contributed by atoms with E-state index in [9.17, 15) is 5.11 Å². The summed E-state index contributed by atoms with van der Waals surface area (Å²) >= 11 is 0. The Kier molecular flexibility index (Phi) is 5.22. The third-order valence-corrected chi connectivity index (χ3v) is 9.21. The van der Waals surface area contributed by atoms with Crippen molar-refractivity contribution in [1.29, 1.82) is 0 Å². The molecule has 2 aromatic carbocycles. The minimum Gasteiger partial charge on any atom is -0.402 e. The lowest BCUT2D eigenvalue weighted by molar-refractivity contribution is 0.121. The van der Waals surface area contributed by atoms with Gasteiger partial charge in [0, 0.05) is 0 Å². The molecule has 0 radical (unpaired) electrons. The second kappa shape index (κ2) is 6.78. The molecule has 0 saturated heterocycles. The minimum absolute atomic E-state index is 0.0322. The number of rotatable bonds is 5. The number of aliphatic hydroxyl groups is 1. The highest BCUT2D eigenvalue weighted by molar-refractivity contribution is 6.99. The normalized spacial score (nSPS) is 13.9. The van der Waals surface area contributed by atoms with Gasteiger partial charge in [0.15, 0.2) is 0 Å². The van der Waals surface area contributed by atoms with Crippen molar-refractivity contribution in [1.82, 2.24) is 0 Å². The summed E-state index contributed by atoms with van der Waals surface area (Å²) in [5, 5.41) is 12.0. The van der Waals surface area contributed by atoms with E-state index in [1.54, 1.807) is 0 Å². The first-order chi connectivity index (χ1) is 10.4. The molecular formula is C19H26O2Si. The quantitative estimate of drug-likeness (QED) is 0.860. The maximum atomic E-state index is 9.55. The topological polar surface area (TPSA) is 29.5 Å². The Balaban J connectivity index is 2.70. The van der Waals surface area contributed by atoms with E-state index in [0.29, 0.717) is 0 Å². The molecule has 2 nitrogen and oxygen atoms in total. The van der Waals surface area contributed by atoms with Gasteiger partial charge >= 0.3 is 0 Å². The Bertz CT molecular complexity index is 536. The number of hydrogen-bond acceptors (Lipinski definition) is 2. The molecule has 0 aliphatic heterocycles. The van der Waals surface area contributed by atoms with E-state index in [0.717, 1.165) is 0 Å². The first-order valence-electron chi connectivity index (χ1n) is 7.81. The lowest BCUT2D eigenvalue weighted by Gasteiger charge is -2.44. The molecule has 0 spiro atoms. The summed E-state index contributed by atoms with van der Waals surface area (Å²) in [4.78, 5) is 0. The average molecular weight is 315 g/mol. The SMILES string of the molecule is C[C@@H](CO)O[Si](c1ccccc1)(c1ccccc1)C(C)(C)C. The van der Waals surface area contributed by atoms with Crippen LogP contribution in [0.15, 0.2) is 60.7 Å². The van der Waals surface area contributed by atoms with Crippen LogP contribution >= 0.6 is 0 Å². The zero-order chi connectivity index (χ0) is 16.2. The van der Waals surface area contributed by atoms with E-state index in [1.165, 1.54) is 10.4 Å². The summed E-state index contributed by atoms with van der Waals surface area (Å²) in [6.07, 6.45) is -0.189. The highest BCUT2D eigenvalue weighted by Gasteiger charge is 2.50. The van der Waals surface area contributed by atoms with Crippen molar-refractivity contribution < 1.29 is 9.53 Å². The standard InChI is InChI=1S/C19H26O2Si/c1-16(15-20)21-22(19(2,3)4,17-11-7-5-8-12-17)18-13-9-6-10-14-18/h5-14,16,20H,15H2,1-4H3/t16-/m0/s1. The number of aliphatic hydroxyl groups excluding tert-OH is 1. The van der Waals surface area contributed by atoms with Crippen molar-refractivity contribution in [3.8, 4) is 0 Å². The first kappa shape index (κ1) is 16.9. The van der Waals surface area contributed by atoms with Gasteiger partial charge in [0.1, 0.15) is 0 Å². The average Bonchev–Trinajstić information content (AvgIpc) is 2.52.